The van der Waals surface area contributed by atoms with E-state index in [2.05, 4.69) is 17.2 Å². The van der Waals surface area contributed by atoms with Gasteiger partial charge in [0.1, 0.15) is 0 Å². The number of nitrogens with two attached hydrogens (primary N) is 1. The number of hydrogen-bond donors (Lipinski definition) is 2. The first-order valence-electron chi connectivity index (χ1n) is 4.94. The van der Waals surface area contributed by atoms with Crippen LogP contribution in [0.1, 0.15) is 5.56 Å². The molecule has 0 heterocycles. The van der Waals surface area contributed by atoms with Gasteiger partial charge in [-0.3, -0.25) is 4.79 Å². The lowest BCUT2D eigenvalue weighted by atomic mass is 10.2. The largest absolute Gasteiger partial charge is 0.325 e. The van der Waals surface area contributed by atoms with Crippen LogP contribution in [0.25, 0.3) is 0 Å². The maximum Gasteiger partial charge on any atom is 0.234 e. The zero-order chi connectivity index (χ0) is 12.7. The van der Waals surface area contributed by atoms with Gasteiger partial charge in [-0.05, 0) is 24.5 Å². The molecule has 0 aromatic heterocycles. The molecule has 5 heteroatoms. The summed E-state index contributed by atoms with van der Waals surface area (Å²) >= 11 is 7.44. The zero-order valence-corrected chi connectivity index (χ0v) is 11.0. The van der Waals surface area contributed by atoms with Crippen LogP contribution in [0.3, 0.4) is 0 Å². The zero-order valence-electron chi connectivity index (χ0n) is 9.42. The van der Waals surface area contributed by atoms with Gasteiger partial charge in [0.25, 0.3) is 0 Å². The predicted octanol–water partition coefficient (Wildman–Crippen LogP) is 1.95. The molecular formula is C12H13ClN2OS. The standard InChI is InChI=1S/C12H13ClN2OS/c1-17-8-12(16)15-10-4-5-11(13)9(7-10)3-2-6-14/h4-5,7H,6,8,14H2,1H3,(H,15,16). The van der Waals surface area contributed by atoms with Crippen molar-refractivity contribution in [3.05, 3.63) is 28.8 Å². The summed E-state index contributed by atoms with van der Waals surface area (Å²) in [6, 6.07) is 5.19. The third-order valence-corrected chi connectivity index (χ3v) is 2.73. The van der Waals surface area contributed by atoms with Gasteiger partial charge in [0, 0.05) is 11.3 Å². The molecule has 0 radical (unpaired) electrons. The normalized spacial score (nSPS) is 9.35. The summed E-state index contributed by atoms with van der Waals surface area (Å²) in [5, 5.41) is 3.32. The van der Waals surface area contributed by atoms with Crippen LogP contribution in [0.5, 0.6) is 0 Å². The van der Waals surface area contributed by atoms with E-state index in [0.717, 1.165) is 0 Å². The van der Waals surface area contributed by atoms with Gasteiger partial charge in [-0.1, -0.05) is 23.4 Å². The fourth-order valence-corrected chi connectivity index (χ4v) is 1.67. The smallest absolute Gasteiger partial charge is 0.234 e. The first kappa shape index (κ1) is 13.9. The van der Waals surface area contributed by atoms with E-state index in [9.17, 15) is 4.79 Å². The van der Waals surface area contributed by atoms with Crippen LogP contribution in [-0.2, 0) is 4.79 Å². The quantitative estimate of drug-likeness (QED) is 0.824. The van der Waals surface area contributed by atoms with Gasteiger partial charge in [0.15, 0.2) is 0 Å². The molecule has 1 aromatic carbocycles. The molecule has 17 heavy (non-hydrogen) atoms. The van der Waals surface area contributed by atoms with Gasteiger partial charge >= 0.3 is 0 Å². The minimum absolute atomic E-state index is 0.0439. The Bertz CT molecular complexity index is 465. The number of hydrogen-bond acceptors (Lipinski definition) is 3. The maximum atomic E-state index is 11.4. The van der Waals surface area contributed by atoms with Crippen molar-refractivity contribution >= 4 is 35.0 Å². The summed E-state index contributed by atoms with van der Waals surface area (Å²) in [5.41, 5.74) is 6.65. The molecule has 3 nitrogen and oxygen atoms in total. The van der Waals surface area contributed by atoms with Crippen LogP contribution in [0.4, 0.5) is 5.69 Å². The van der Waals surface area contributed by atoms with Gasteiger partial charge in [0.05, 0.1) is 17.3 Å². The number of carbonyl (C=O) groups excluding carboxylic acids is 1. The van der Waals surface area contributed by atoms with E-state index in [1.165, 1.54) is 11.8 Å². The van der Waals surface area contributed by atoms with Crippen molar-refractivity contribution in [3.8, 4) is 11.8 Å². The summed E-state index contributed by atoms with van der Waals surface area (Å²) in [6.07, 6.45) is 1.87. The molecule has 0 unspecified atom stereocenters. The molecule has 0 atom stereocenters. The van der Waals surface area contributed by atoms with Crippen molar-refractivity contribution in [1.29, 1.82) is 0 Å². The number of nitrogens with one attached hydrogen (secondary N) is 1. The highest BCUT2D eigenvalue weighted by Crippen LogP contribution is 2.19. The van der Waals surface area contributed by atoms with Gasteiger partial charge < -0.3 is 11.1 Å². The average Bonchev–Trinajstić information content (AvgIpc) is 2.30. The molecule has 0 bridgehead atoms. The lowest BCUT2D eigenvalue weighted by Crippen LogP contribution is -2.13. The highest BCUT2D eigenvalue weighted by Gasteiger charge is 2.03. The molecule has 0 saturated heterocycles. The minimum atomic E-state index is -0.0439. The van der Waals surface area contributed by atoms with Crippen LogP contribution in [-0.4, -0.2) is 24.5 Å². The summed E-state index contributed by atoms with van der Waals surface area (Å²) in [7, 11) is 0. The van der Waals surface area contributed by atoms with E-state index in [1.807, 2.05) is 6.26 Å². The minimum Gasteiger partial charge on any atom is -0.325 e. The van der Waals surface area contributed by atoms with Gasteiger partial charge in [-0.2, -0.15) is 11.8 Å². The third-order valence-electron chi connectivity index (χ3n) is 1.85. The van der Waals surface area contributed by atoms with Crippen molar-refractivity contribution in [2.45, 2.75) is 0 Å². The van der Waals surface area contributed by atoms with Crippen molar-refractivity contribution < 1.29 is 4.79 Å². The summed E-state index contributed by atoms with van der Waals surface area (Å²) in [5.74, 6) is 5.96. The highest BCUT2D eigenvalue weighted by molar-refractivity contribution is 7.99. The Morgan fingerprint density at radius 2 is 2.35 bits per heavy atom. The topological polar surface area (TPSA) is 55.1 Å². The predicted molar refractivity (Wildman–Crippen MR) is 74.4 cm³/mol. The number of benzene rings is 1. The molecule has 3 N–H and O–H groups in total. The first-order chi connectivity index (χ1) is 8.17. The van der Waals surface area contributed by atoms with Gasteiger partial charge in [0.2, 0.25) is 5.91 Å². The lowest BCUT2D eigenvalue weighted by Gasteiger charge is -2.05. The van der Waals surface area contributed by atoms with E-state index in [1.54, 1.807) is 18.2 Å². The van der Waals surface area contributed by atoms with E-state index < -0.39 is 0 Å². The van der Waals surface area contributed by atoms with Crippen LogP contribution >= 0.6 is 23.4 Å². The molecule has 0 aliphatic heterocycles. The Morgan fingerprint density at radius 3 is 3.00 bits per heavy atom. The number of thioether (sulfide) groups is 1. The molecule has 90 valence electrons. The van der Waals surface area contributed by atoms with E-state index in [0.29, 0.717) is 22.0 Å². The second-order valence-corrected chi connectivity index (χ2v) is 4.45. The average molecular weight is 269 g/mol. The Hall–Kier alpha value is -1.15. The second kappa shape index (κ2) is 7.23. The van der Waals surface area contributed by atoms with Crippen molar-refractivity contribution in [3.63, 3.8) is 0 Å². The molecule has 0 spiro atoms. The fraction of sp³-hybridized carbons (Fsp3) is 0.250. The van der Waals surface area contributed by atoms with Gasteiger partial charge in [-0.15, -0.1) is 0 Å². The SMILES string of the molecule is CSCC(=O)Nc1ccc(Cl)c(C#CCN)c1. The fourth-order valence-electron chi connectivity index (χ4n) is 1.17. The second-order valence-electron chi connectivity index (χ2n) is 3.18. The number of anilines is 1. The maximum absolute atomic E-state index is 11.4. The molecular weight excluding hydrogens is 256 g/mol. The molecule has 0 aliphatic carbocycles. The van der Waals surface area contributed by atoms with E-state index >= 15 is 0 Å². The van der Waals surface area contributed by atoms with Gasteiger partial charge in [-0.25, -0.2) is 0 Å². The molecule has 1 rings (SSSR count). The summed E-state index contributed by atoms with van der Waals surface area (Å²) < 4.78 is 0. The summed E-state index contributed by atoms with van der Waals surface area (Å²) in [4.78, 5) is 11.4. The molecule has 0 aliphatic rings. The summed E-state index contributed by atoms with van der Waals surface area (Å²) in [6.45, 7) is 0.277. The Kier molecular flexibility index (Phi) is 5.92. The van der Waals surface area contributed by atoms with Crippen molar-refractivity contribution in [2.24, 2.45) is 5.73 Å². The molecule has 1 amide bonds. The number of halogens is 1. The van der Waals surface area contributed by atoms with Crippen molar-refractivity contribution in [2.75, 3.05) is 23.9 Å². The number of rotatable bonds is 3. The van der Waals surface area contributed by atoms with Crippen LogP contribution in [0, 0.1) is 11.8 Å². The van der Waals surface area contributed by atoms with E-state index in [4.69, 9.17) is 17.3 Å². The van der Waals surface area contributed by atoms with Crippen LogP contribution < -0.4 is 11.1 Å². The first-order valence-corrected chi connectivity index (χ1v) is 6.72. The Labute approximate surface area is 110 Å². The molecule has 0 fully saturated rings. The van der Waals surface area contributed by atoms with Crippen LogP contribution in [0.15, 0.2) is 18.2 Å². The monoisotopic (exact) mass is 268 g/mol. The Balaban J connectivity index is 2.85. The Morgan fingerprint density at radius 1 is 1.59 bits per heavy atom. The van der Waals surface area contributed by atoms with E-state index in [-0.39, 0.29) is 12.5 Å². The van der Waals surface area contributed by atoms with Crippen molar-refractivity contribution in [1.82, 2.24) is 0 Å². The third kappa shape index (κ3) is 4.70. The van der Waals surface area contributed by atoms with Crippen LogP contribution in [0.2, 0.25) is 5.02 Å². The molecule has 1 aromatic rings. The number of carbonyl (C=O) groups is 1. The molecule has 0 saturated carbocycles. The lowest BCUT2D eigenvalue weighted by molar-refractivity contribution is -0.113. The number of amides is 1. The highest BCUT2D eigenvalue weighted by atomic mass is 35.5.